The first-order chi connectivity index (χ1) is 11.6. The fraction of sp³-hybridized carbons (Fsp3) is 0.222. The summed E-state index contributed by atoms with van der Waals surface area (Å²) in [5, 5.41) is 22.1. The lowest BCUT2D eigenvalue weighted by Gasteiger charge is -2.19. The highest BCUT2D eigenvalue weighted by molar-refractivity contribution is 6.05. The first-order valence-electron chi connectivity index (χ1n) is 7.74. The van der Waals surface area contributed by atoms with E-state index in [1.165, 1.54) is 0 Å². The van der Waals surface area contributed by atoms with Crippen LogP contribution in [-0.4, -0.2) is 16.7 Å². The molecule has 0 saturated carbocycles. The molecule has 3 rings (SSSR count). The molecule has 122 valence electrons. The quantitative estimate of drug-likeness (QED) is 0.844. The average molecular weight is 322 g/mol. The molecule has 1 amide bonds. The molecule has 0 bridgehead atoms. The summed E-state index contributed by atoms with van der Waals surface area (Å²) in [6.07, 6.45) is 0.445. The van der Waals surface area contributed by atoms with Gasteiger partial charge < -0.3 is 5.11 Å². The Kier molecular flexibility index (Phi) is 4.65. The van der Waals surface area contributed by atoms with Gasteiger partial charge >= 0.3 is 0 Å². The van der Waals surface area contributed by atoms with E-state index < -0.39 is 0 Å². The van der Waals surface area contributed by atoms with Crippen LogP contribution < -0.4 is 5.43 Å². The minimum Gasteiger partial charge on any atom is -0.508 e. The van der Waals surface area contributed by atoms with Gasteiger partial charge in [0, 0.05) is 17.9 Å². The number of phenols is 1. The van der Waals surface area contributed by atoms with Crippen molar-refractivity contribution in [3.63, 3.8) is 0 Å². The summed E-state index contributed by atoms with van der Waals surface area (Å²) in [6, 6.07) is 14.6. The normalized spacial score (nSPS) is 17.6. The van der Waals surface area contributed by atoms with E-state index in [0.29, 0.717) is 13.0 Å². The van der Waals surface area contributed by atoms with Crippen LogP contribution in [-0.2, 0) is 11.3 Å². The Morgan fingerprint density at radius 3 is 2.67 bits per heavy atom. The van der Waals surface area contributed by atoms with Crippen molar-refractivity contribution in [1.29, 1.82) is 0 Å². The number of nitrogens with one attached hydrogen (secondary N) is 1. The Labute approximate surface area is 139 Å². The summed E-state index contributed by atoms with van der Waals surface area (Å²) in [7, 11) is 0. The molecule has 1 atom stereocenters. The monoisotopic (exact) mass is 322 g/mol. The van der Waals surface area contributed by atoms with E-state index in [9.17, 15) is 9.90 Å². The average Bonchev–Trinajstić information content (AvgIpc) is 2.57. The Bertz CT molecular complexity index is 797. The lowest BCUT2D eigenvalue weighted by Crippen LogP contribution is -2.31. The number of amides is 1. The number of hydrogen-bond donors (Lipinski definition) is 2. The highest BCUT2D eigenvalue weighted by Gasteiger charge is 2.21. The van der Waals surface area contributed by atoms with Gasteiger partial charge in [-0.3, -0.25) is 4.79 Å². The number of azo groups is 1. The van der Waals surface area contributed by atoms with Gasteiger partial charge in [-0.05, 0) is 23.8 Å². The molecule has 0 saturated heterocycles. The van der Waals surface area contributed by atoms with Gasteiger partial charge in [0.15, 0.2) is 0 Å². The van der Waals surface area contributed by atoms with Gasteiger partial charge in [0.2, 0.25) is 5.91 Å². The zero-order valence-electron chi connectivity index (χ0n) is 13.3. The molecular weight excluding hydrogens is 304 g/mol. The summed E-state index contributed by atoms with van der Waals surface area (Å²) in [5.41, 5.74) is 5.80. The highest BCUT2D eigenvalue weighted by atomic mass is 16.3. The molecular formula is C18H18N4O2. The van der Waals surface area contributed by atoms with Crippen LogP contribution in [0.15, 0.2) is 63.9 Å². The van der Waals surface area contributed by atoms with Crippen LogP contribution in [0.2, 0.25) is 0 Å². The van der Waals surface area contributed by atoms with Crippen molar-refractivity contribution in [3.8, 4) is 5.75 Å². The molecule has 0 aromatic heterocycles. The van der Waals surface area contributed by atoms with E-state index in [2.05, 4.69) is 20.8 Å². The molecule has 6 nitrogen and oxygen atoms in total. The number of hydrazone groups is 1. The number of carbonyl (C=O) groups is 1. The van der Waals surface area contributed by atoms with Gasteiger partial charge in [0.1, 0.15) is 5.75 Å². The van der Waals surface area contributed by atoms with Crippen LogP contribution in [0.5, 0.6) is 5.75 Å². The third-order valence-electron chi connectivity index (χ3n) is 3.84. The van der Waals surface area contributed by atoms with Crippen molar-refractivity contribution in [2.24, 2.45) is 21.2 Å². The lowest BCUT2D eigenvalue weighted by molar-refractivity contribution is -0.121. The molecule has 1 heterocycles. The summed E-state index contributed by atoms with van der Waals surface area (Å²) < 4.78 is 0. The van der Waals surface area contributed by atoms with Crippen molar-refractivity contribution in [2.75, 3.05) is 0 Å². The van der Waals surface area contributed by atoms with Crippen LogP contribution in [0.4, 0.5) is 5.69 Å². The molecule has 24 heavy (non-hydrogen) atoms. The second-order valence-electron chi connectivity index (χ2n) is 5.71. The smallest absolute Gasteiger partial charge is 0.240 e. The van der Waals surface area contributed by atoms with Gasteiger partial charge in [-0.25, -0.2) is 5.43 Å². The van der Waals surface area contributed by atoms with Gasteiger partial charge in [0.05, 0.1) is 17.9 Å². The third-order valence-corrected chi connectivity index (χ3v) is 3.84. The Hall–Kier alpha value is -3.02. The minimum absolute atomic E-state index is 0.0548. The van der Waals surface area contributed by atoms with Crippen molar-refractivity contribution in [2.45, 2.75) is 19.9 Å². The van der Waals surface area contributed by atoms with Crippen molar-refractivity contribution in [1.82, 2.24) is 5.43 Å². The van der Waals surface area contributed by atoms with Gasteiger partial charge in [-0.2, -0.15) is 15.3 Å². The molecule has 1 aliphatic rings. The number of para-hydroxylation sites is 1. The fourth-order valence-corrected chi connectivity index (χ4v) is 2.54. The molecule has 1 aliphatic heterocycles. The van der Waals surface area contributed by atoms with E-state index in [4.69, 9.17) is 0 Å². The maximum Gasteiger partial charge on any atom is 0.240 e. The Morgan fingerprint density at radius 1 is 1.21 bits per heavy atom. The number of hydrogen-bond acceptors (Lipinski definition) is 5. The SMILES string of the molecule is CC1CC(=O)NN=C1c1ccc(N=NCc2ccccc2O)cc1. The van der Waals surface area contributed by atoms with Gasteiger partial charge in [-0.1, -0.05) is 37.3 Å². The van der Waals surface area contributed by atoms with Crippen LogP contribution in [0.1, 0.15) is 24.5 Å². The summed E-state index contributed by atoms with van der Waals surface area (Å²) in [6.45, 7) is 2.31. The van der Waals surface area contributed by atoms with Crippen molar-refractivity contribution in [3.05, 3.63) is 59.7 Å². The summed E-state index contributed by atoms with van der Waals surface area (Å²) in [4.78, 5) is 11.3. The second kappa shape index (κ2) is 7.04. The van der Waals surface area contributed by atoms with Crippen LogP contribution in [0.25, 0.3) is 0 Å². The van der Waals surface area contributed by atoms with Crippen molar-refractivity contribution >= 4 is 17.3 Å². The maximum atomic E-state index is 11.3. The number of nitrogens with zero attached hydrogens (tertiary/aromatic N) is 3. The van der Waals surface area contributed by atoms with Crippen LogP contribution in [0.3, 0.4) is 0 Å². The molecule has 2 aromatic rings. The Morgan fingerprint density at radius 2 is 1.96 bits per heavy atom. The number of aromatic hydroxyl groups is 1. The maximum absolute atomic E-state index is 11.3. The first kappa shape index (κ1) is 15.9. The topological polar surface area (TPSA) is 86.4 Å². The second-order valence-corrected chi connectivity index (χ2v) is 5.71. The largest absolute Gasteiger partial charge is 0.508 e. The summed E-state index contributed by atoms with van der Waals surface area (Å²) in [5.74, 6) is 0.256. The van der Waals surface area contributed by atoms with E-state index in [0.717, 1.165) is 22.5 Å². The predicted molar refractivity (Wildman–Crippen MR) is 91.2 cm³/mol. The third kappa shape index (κ3) is 3.65. The highest BCUT2D eigenvalue weighted by Crippen LogP contribution is 2.21. The zero-order valence-corrected chi connectivity index (χ0v) is 13.3. The van der Waals surface area contributed by atoms with E-state index in [-0.39, 0.29) is 17.6 Å². The molecule has 6 heteroatoms. The molecule has 0 aliphatic carbocycles. The fourth-order valence-electron chi connectivity index (χ4n) is 2.54. The number of rotatable bonds is 4. The zero-order chi connectivity index (χ0) is 16.9. The predicted octanol–water partition coefficient (Wildman–Crippen LogP) is 3.54. The molecule has 0 radical (unpaired) electrons. The number of carbonyl (C=O) groups excluding carboxylic acids is 1. The molecule has 0 spiro atoms. The van der Waals surface area contributed by atoms with Gasteiger partial charge in [-0.15, -0.1) is 0 Å². The standard InChI is InChI=1S/C18H18N4O2/c1-12-10-17(24)21-22-18(12)13-6-8-15(9-7-13)20-19-11-14-4-2-3-5-16(14)23/h2-9,12,23H,10-11H2,1H3,(H,21,24). The van der Waals surface area contributed by atoms with Crippen molar-refractivity contribution < 1.29 is 9.90 Å². The molecule has 2 aromatic carbocycles. The summed E-state index contributed by atoms with van der Waals surface area (Å²) >= 11 is 0. The minimum atomic E-state index is -0.0548. The molecule has 0 fully saturated rings. The van der Waals surface area contributed by atoms with E-state index in [1.807, 2.05) is 43.3 Å². The Balaban J connectivity index is 1.68. The van der Waals surface area contributed by atoms with E-state index in [1.54, 1.807) is 12.1 Å². The van der Waals surface area contributed by atoms with Crippen LogP contribution >= 0.6 is 0 Å². The lowest BCUT2D eigenvalue weighted by atomic mass is 9.94. The van der Waals surface area contributed by atoms with E-state index >= 15 is 0 Å². The first-order valence-corrected chi connectivity index (χ1v) is 7.74. The number of phenolic OH excluding ortho intramolecular Hbond substituents is 1. The van der Waals surface area contributed by atoms with Gasteiger partial charge in [0.25, 0.3) is 0 Å². The molecule has 2 N–H and O–H groups in total. The molecule has 1 unspecified atom stereocenters. The number of benzene rings is 2. The van der Waals surface area contributed by atoms with Crippen LogP contribution in [0, 0.1) is 5.92 Å².